The molecule has 0 aliphatic rings. The summed E-state index contributed by atoms with van der Waals surface area (Å²) in [5.41, 5.74) is 6.23. The minimum absolute atomic E-state index is 0.115. The first-order valence-electron chi connectivity index (χ1n) is 7.28. The van der Waals surface area contributed by atoms with Gasteiger partial charge in [0.05, 0.1) is 10.4 Å². The van der Waals surface area contributed by atoms with Gasteiger partial charge in [-0.2, -0.15) is 0 Å². The van der Waals surface area contributed by atoms with Crippen molar-refractivity contribution in [1.82, 2.24) is 4.90 Å². The van der Waals surface area contributed by atoms with E-state index in [1.165, 1.54) is 17.7 Å². The van der Waals surface area contributed by atoms with Crippen molar-refractivity contribution in [2.45, 2.75) is 52.6 Å². The lowest BCUT2D eigenvalue weighted by Gasteiger charge is -2.35. The summed E-state index contributed by atoms with van der Waals surface area (Å²) in [6, 6.07) is 4.49. The van der Waals surface area contributed by atoms with E-state index in [4.69, 9.17) is 17.3 Å². The van der Waals surface area contributed by atoms with Gasteiger partial charge in [0.1, 0.15) is 0 Å². The van der Waals surface area contributed by atoms with Gasteiger partial charge in [-0.25, -0.2) is 0 Å². The highest BCUT2D eigenvalue weighted by atomic mass is 35.5. The summed E-state index contributed by atoms with van der Waals surface area (Å²) in [5.74, 6) is 0.747. The van der Waals surface area contributed by atoms with Crippen LogP contribution in [0.2, 0.25) is 4.34 Å². The van der Waals surface area contributed by atoms with E-state index in [2.05, 4.69) is 38.7 Å². The zero-order valence-electron chi connectivity index (χ0n) is 12.5. The number of halogens is 1. The van der Waals surface area contributed by atoms with Crippen LogP contribution in [-0.2, 0) is 0 Å². The summed E-state index contributed by atoms with van der Waals surface area (Å²) in [4.78, 5) is 3.79. The van der Waals surface area contributed by atoms with Gasteiger partial charge in [-0.05, 0) is 31.5 Å². The van der Waals surface area contributed by atoms with Crippen molar-refractivity contribution in [2.75, 3.05) is 13.1 Å². The zero-order chi connectivity index (χ0) is 14.4. The Kier molecular flexibility index (Phi) is 7.37. The zero-order valence-corrected chi connectivity index (χ0v) is 14.1. The second kappa shape index (κ2) is 8.25. The second-order valence-electron chi connectivity index (χ2n) is 5.22. The van der Waals surface area contributed by atoms with Gasteiger partial charge in [0, 0.05) is 17.5 Å². The molecular formula is C15H27ClN2S. The molecule has 2 N–H and O–H groups in total. The molecule has 2 unspecified atom stereocenters. The molecule has 2 nitrogen and oxygen atoms in total. The predicted molar refractivity (Wildman–Crippen MR) is 87.0 cm³/mol. The molecule has 1 rings (SSSR count). The van der Waals surface area contributed by atoms with Crippen LogP contribution in [0.3, 0.4) is 0 Å². The average molecular weight is 303 g/mol. The molecule has 0 fully saturated rings. The lowest BCUT2D eigenvalue weighted by atomic mass is 10.00. The third-order valence-electron chi connectivity index (χ3n) is 3.83. The van der Waals surface area contributed by atoms with Crippen LogP contribution in [-0.4, -0.2) is 24.0 Å². The molecule has 0 spiro atoms. The van der Waals surface area contributed by atoms with Crippen molar-refractivity contribution >= 4 is 22.9 Å². The first kappa shape index (κ1) is 17.0. The monoisotopic (exact) mass is 302 g/mol. The van der Waals surface area contributed by atoms with E-state index in [0.29, 0.717) is 0 Å². The van der Waals surface area contributed by atoms with E-state index in [1.54, 1.807) is 11.3 Å². The van der Waals surface area contributed by atoms with Gasteiger partial charge in [0.25, 0.3) is 0 Å². The summed E-state index contributed by atoms with van der Waals surface area (Å²) in [7, 11) is 0. The summed E-state index contributed by atoms with van der Waals surface area (Å²) >= 11 is 7.73. The Hall–Kier alpha value is -0.0900. The molecule has 19 heavy (non-hydrogen) atoms. The third-order valence-corrected chi connectivity index (χ3v) is 5.13. The molecule has 0 saturated heterocycles. The minimum Gasteiger partial charge on any atom is -0.326 e. The smallest absolute Gasteiger partial charge is 0.0931 e. The summed E-state index contributed by atoms with van der Waals surface area (Å²) in [6.07, 6.45) is 2.45. The van der Waals surface area contributed by atoms with Crippen LogP contribution < -0.4 is 5.73 Å². The minimum atomic E-state index is 0.115. The molecule has 0 radical (unpaired) electrons. The molecule has 0 bridgehead atoms. The standard InChI is InChI=1S/C15H27ClN2S/c1-5-12(6-2)10-18(7-3)15(11(4)17)13-8-9-14(16)19-13/h8-9,11-12,15H,5-7,10,17H2,1-4H3. The van der Waals surface area contributed by atoms with Crippen molar-refractivity contribution < 1.29 is 0 Å². The number of rotatable bonds is 8. The summed E-state index contributed by atoms with van der Waals surface area (Å²) < 4.78 is 0.847. The lowest BCUT2D eigenvalue weighted by molar-refractivity contribution is 0.156. The van der Waals surface area contributed by atoms with Crippen molar-refractivity contribution in [2.24, 2.45) is 11.7 Å². The molecule has 0 aliphatic heterocycles. The highest BCUT2D eigenvalue weighted by molar-refractivity contribution is 7.16. The normalized spacial score (nSPS) is 15.2. The van der Waals surface area contributed by atoms with E-state index < -0.39 is 0 Å². The van der Waals surface area contributed by atoms with Gasteiger partial charge in [0.15, 0.2) is 0 Å². The number of thiophene rings is 1. The predicted octanol–water partition coefficient (Wildman–Crippen LogP) is 4.55. The third kappa shape index (κ3) is 4.75. The molecule has 4 heteroatoms. The van der Waals surface area contributed by atoms with Crippen LogP contribution >= 0.6 is 22.9 Å². The summed E-state index contributed by atoms with van der Waals surface area (Å²) in [6.45, 7) is 11.0. The Balaban J connectivity index is 2.89. The molecule has 1 aromatic rings. The molecule has 2 atom stereocenters. The number of nitrogens with zero attached hydrogens (tertiary/aromatic N) is 1. The number of nitrogens with two attached hydrogens (primary N) is 1. The molecule has 0 aromatic carbocycles. The van der Waals surface area contributed by atoms with Gasteiger partial charge in [0.2, 0.25) is 0 Å². The maximum absolute atomic E-state index is 6.23. The van der Waals surface area contributed by atoms with Crippen LogP contribution in [0.15, 0.2) is 12.1 Å². The van der Waals surface area contributed by atoms with E-state index in [1.807, 2.05) is 6.07 Å². The van der Waals surface area contributed by atoms with E-state index in [9.17, 15) is 0 Å². The fraction of sp³-hybridized carbons (Fsp3) is 0.733. The highest BCUT2D eigenvalue weighted by Gasteiger charge is 2.25. The molecule has 0 amide bonds. The number of likely N-dealkylation sites (N-methyl/N-ethyl adjacent to an activating group) is 1. The van der Waals surface area contributed by atoms with Crippen LogP contribution in [0.4, 0.5) is 0 Å². The van der Waals surface area contributed by atoms with E-state index >= 15 is 0 Å². The Morgan fingerprint density at radius 3 is 2.26 bits per heavy atom. The highest BCUT2D eigenvalue weighted by Crippen LogP contribution is 2.33. The fourth-order valence-electron chi connectivity index (χ4n) is 2.58. The van der Waals surface area contributed by atoms with Crippen molar-refractivity contribution in [3.8, 4) is 0 Å². The van der Waals surface area contributed by atoms with Gasteiger partial charge >= 0.3 is 0 Å². The SMILES string of the molecule is CCC(CC)CN(CC)C(c1ccc(Cl)s1)C(C)N. The number of hydrogen-bond acceptors (Lipinski definition) is 3. The van der Waals surface area contributed by atoms with Crippen LogP contribution in [0.1, 0.15) is 51.5 Å². The fourth-order valence-corrected chi connectivity index (χ4v) is 3.89. The first-order chi connectivity index (χ1) is 9.03. The Morgan fingerprint density at radius 2 is 1.89 bits per heavy atom. The van der Waals surface area contributed by atoms with Gasteiger partial charge in [-0.15, -0.1) is 11.3 Å². The Bertz CT molecular complexity index is 361. The average Bonchev–Trinajstić information content (AvgIpc) is 2.80. The van der Waals surface area contributed by atoms with Crippen LogP contribution in [0.5, 0.6) is 0 Å². The van der Waals surface area contributed by atoms with Gasteiger partial charge < -0.3 is 5.73 Å². The molecule has 1 heterocycles. The van der Waals surface area contributed by atoms with E-state index in [0.717, 1.165) is 23.3 Å². The first-order valence-corrected chi connectivity index (χ1v) is 8.47. The molecule has 110 valence electrons. The molecule has 0 aliphatic carbocycles. The topological polar surface area (TPSA) is 29.3 Å². The van der Waals surface area contributed by atoms with Gasteiger partial charge in [-0.3, -0.25) is 4.90 Å². The maximum atomic E-state index is 6.23. The Labute approximate surface area is 126 Å². The second-order valence-corrected chi connectivity index (χ2v) is 6.96. The van der Waals surface area contributed by atoms with Crippen molar-refractivity contribution in [3.05, 3.63) is 21.3 Å². The molecule has 1 aromatic heterocycles. The molecular weight excluding hydrogens is 276 g/mol. The largest absolute Gasteiger partial charge is 0.326 e. The quantitative estimate of drug-likeness (QED) is 0.763. The Morgan fingerprint density at radius 1 is 1.26 bits per heavy atom. The maximum Gasteiger partial charge on any atom is 0.0931 e. The van der Waals surface area contributed by atoms with Crippen molar-refractivity contribution in [1.29, 1.82) is 0 Å². The lowest BCUT2D eigenvalue weighted by Crippen LogP contribution is -2.41. The van der Waals surface area contributed by atoms with Crippen LogP contribution in [0.25, 0.3) is 0 Å². The molecule has 0 saturated carbocycles. The van der Waals surface area contributed by atoms with Crippen LogP contribution in [0, 0.1) is 5.92 Å². The number of hydrogen-bond donors (Lipinski definition) is 1. The summed E-state index contributed by atoms with van der Waals surface area (Å²) in [5, 5.41) is 0. The van der Waals surface area contributed by atoms with Gasteiger partial charge in [-0.1, -0.05) is 45.2 Å². The van der Waals surface area contributed by atoms with E-state index in [-0.39, 0.29) is 12.1 Å². The van der Waals surface area contributed by atoms with Crippen molar-refractivity contribution in [3.63, 3.8) is 0 Å².